The standard InChI is InChI=1S/C15H15ClN4O3/c1-23-15(22)12-8-11-9-19(5-2-6-20(11)18-12)14(21)10-3-4-17-13(16)7-10/h3-4,7-8H,2,5-6,9H2,1H3. The number of fused-ring (bicyclic) bond motifs is 1. The van der Waals surface area contributed by atoms with Crippen molar-refractivity contribution in [1.29, 1.82) is 0 Å². The average molecular weight is 335 g/mol. The van der Waals surface area contributed by atoms with Gasteiger partial charge >= 0.3 is 5.97 Å². The van der Waals surface area contributed by atoms with E-state index in [9.17, 15) is 9.59 Å². The first-order valence-corrected chi connectivity index (χ1v) is 7.52. The van der Waals surface area contributed by atoms with Crippen LogP contribution >= 0.6 is 11.6 Å². The Morgan fingerprint density at radius 2 is 2.13 bits per heavy atom. The van der Waals surface area contributed by atoms with E-state index in [4.69, 9.17) is 11.6 Å². The largest absolute Gasteiger partial charge is 0.464 e. The number of nitrogens with zero attached hydrogens (tertiary/aromatic N) is 4. The first kappa shape index (κ1) is 15.5. The molecule has 2 aromatic rings. The second-order valence-electron chi connectivity index (χ2n) is 5.18. The van der Waals surface area contributed by atoms with Gasteiger partial charge in [-0.1, -0.05) is 11.6 Å². The molecular weight excluding hydrogens is 320 g/mol. The van der Waals surface area contributed by atoms with Crippen LogP contribution in [0.25, 0.3) is 0 Å². The van der Waals surface area contributed by atoms with Crippen molar-refractivity contribution in [2.24, 2.45) is 0 Å². The molecule has 0 aromatic carbocycles. The van der Waals surface area contributed by atoms with Crippen molar-refractivity contribution in [1.82, 2.24) is 19.7 Å². The summed E-state index contributed by atoms with van der Waals surface area (Å²) >= 11 is 5.85. The van der Waals surface area contributed by atoms with Crippen LogP contribution in [0, 0.1) is 0 Å². The predicted octanol–water partition coefficient (Wildman–Crippen LogP) is 1.76. The number of carbonyl (C=O) groups is 2. The van der Waals surface area contributed by atoms with E-state index in [-0.39, 0.29) is 16.8 Å². The summed E-state index contributed by atoms with van der Waals surface area (Å²) in [7, 11) is 1.32. The number of rotatable bonds is 2. The van der Waals surface area contributed by atoms with Crippen molar-refractivity contribution in [3.8, 4) is 0 Å². The number of aromatic nitrogens is 3. The van der Waals surface area contributed by atoms with Crippen LogP contribution in [0.2, 0.25) is 5.15 Å². The molecule has 8 heteroatoms. The minimum Gasteiger partial charge on any atom is -0.464 e. The topological polar surface area (TPSA) is 77.3 Å². The second kappa shape index (κ2) is 6.37. The third-order valence-electron chi connectivity index (χ3n) is 3.67. The molecule has 1 aliphatic heterocycles. The van der Waals surface area contributed by atoms with Crippen LogP contribution in [-0.2, 0) is 17.8 Å². The third kappa shape index (κ3) is 3.19. The van der Waals surface area contributed by atoms with Gasteiger partial charge in [-0.15, -0.1) is 0 Å². The van der Waals surface area contributed by atoms with Gasteiger partial charge in [0.05, 0.1) is 19.3 Å². The fourth-order valence-electron chi connectivity index (χ4n) is 2.56. The number of esters is 1. The number of methoxy groups -OCH3 is 1. The lowest BCUT2D eigenvalue weighted by Crippen LogP contribution is -2.30. The lowest BCUT2D eigenvalue weighted by atomic mass is 10.2. The van der Waals surface area contributed by atoms with Crippen molar-refractivity contribution in [3.05, 3.63) is 46.5 Å². The molecule has 0 radical (unpaired) electrons. The Morgan fingerprint density at radius 1 is 1.30 bits per heavy atom. The molecule has 0 fully saturated rings. The van der Waals surface area contributed by atoms with Gasteiger partial charge in [-0.3, -0.25) is 9.48 Å². The Morgan fingerprint density at radius 3 is 2.87 bits per heavy atom. The highest BCUT2D eigenvalue weighted by molar-refractivity contribution is 6.29. The van der Waals surface area contributed by atoms with Crippen molar-refractivity contribution in [2.75, 3.05) is 13.7 Å². The van der Waals surface area contributed by atoms with E-state index in [2.05, 4.69) is 14.8 Å². The van der Waals surface area contributed by atoms with Gasteiger partial charge in [-0.2, -0.15) is 5.10 Å². The number of pyridine rings is 1. The molecule has 0 saturated carbocycles. The van der Waals surface area contributed by atoms with Gasteiger partial charge in [0.2, 0.25) is 0 Å². The smallest absolute Gasteiger partial charge is 0.358 e. The van der Waals surface area contributed by atoms with Crippen molar-refractivity contribution in [3.63, 3.8) is 0 Å². The van der Waals surface area contributed by atoms with Crippen molar-refractivity contribution >= 4 is 23.5 Å². The maximum absolute atomic E-state index is 12.6. The summed E-state index contributed by atoms with van der Waals surface area (Å²) in [5.41, 5.74) is 1.55. The number of aryl methyl sites for hydroxylation is 1. The molecule has 1 amide bonds. The van der Waals surface area contributed by atoms with Crippen LogP contribution < -0.4 is 0 Å². The van der Waals surface area contributed by atoms with Gasteiger partial charge in [-0.05, 0) is 24.6 Å². The molecule has 1 aliphatic rings. The van der Waals surface area contributed by atoms with E-state index in [1.165, 1.54) is 13.3 Å². The van der Waals surface area contributed by atoms with E-state index in [1.54, 1.807) is 27.8 Å². The number of carbonyl (C=O) groups excluding carboxylic acids is 2. The summed E-state index contributed by atoms with van der Waals surface area (Å²) in [6.07, 6.45) is 2.26. The Balaban J connectivity index is 1.84. The van der Waals surface area contributed by atoms with Crippen LogP contribution in [0.3, 0.4) is 0 Å². The molecule has 0 saturated heterocycles. The van der Waals surface area contributed by atoms with Crippen LogP contribution in [0.4, 0.5) is 0 Å². The minimum absolute atomic E-state index is 0.122. The van der Waals surface area contributed by atoms with Gasteiger partial charge in [-0.25, -0.2) is 9.78 Å². The van der Waals surface area contributed by atoms with E-state index in [0.717, 1.165) is 12.1 Å². The number of ether oxygens (including phenoxy) is 1. The van der Waals surface area contributed by atoms with E-state index in [1.807, 2.05) is 0 Å². The zero-order valence-corrected chi connectivity index (χ0v) is 13.3. The molecule has 3 rings (SSSR count). The first-order chi connectivity index (χ1) is 11.1. The quantitative estimate of drug-likeness (QED) is 0.618. The fraction of sp³-hybridized carbons (Fsp3) is 0.333. The molecule has 7 nitrogen and oxygen atoms in total. The summed E-state index contributed by atoms with van der Waals surface area (Å²) in [4.78, 5) is 29.8. The zero-order chi connectivity index (χ0) is 16.4. The summed E-state index contributed by atoms with van der Waals surface area (Å²) in [5.74, 6) is -0.604. The Kier molecular flexibility index (Phi) is 4.29. The molecule has 0 unspecified atom stereocenters. The number of halogens is 1. The van der Waals surface area contributed by atoms with Crippen molar-refractivity contribution in [2.45, 2.75) is 19.5 Å². The molecule has 3 heterocycles. The summed E-state index contributed by atoms with van der Waals surface area (Å²) < 4.78 is 6.43. The van der Waals surface area contributed by atoms with Gasteiger partial charge in [0, 0.05) is 24.8 Å². The van der Waals surface area contributed by atoms with Gasteiger partial charge in [0.1, 0.15) is 5.15 Å². The Labute approximate surface area is 137 Å². The highest BCUT2D eigenvalue weighted by Crippen LogP contribution is 2.17. The Bertz CT molecular complexity index is 759. The lowest BCUT2D eigenvalue weighted by Gasteiger charge is -2.20. The molecule has 0 bridgehead atoms. The summed E-state index contributed by atoms with van der Waals surface area (Å²) in [5, 5.41) is 4.52. The number of amides is 1. The molecule has 120 valence electrons. The van der Waals surface area contributed by atoms with Crippen molar-refractivity contribution < 1.29 is 14.3 Å². The highest BCUT2D eigenvalue weighted by Gasteiger charge is 2.23. The average Bonchev–Trinajstić information content (AvgIpc) is 2.85. The maximum Gasteiger partial charge on any atom is 0.358 e. The van der Waals surface area contributed by atoms with Crippen LogP contribution in [0.15, 0.2) is 24.4 Å². The second-order valence-corrected chi connectivity index (χ2v) is 5.57. The van der Waals surface area contributed by atoms with Crippen LogP contribution in [0.1, 0.15) is 33.0 Å². The van der Waals surface area contributed by atoms with E-state index < -0.39 is 5.97 Å². The molecule has 0 aliphatic carbocycles. The van der Waals surface area contributed by atoms with Crippen LogP contribution in [-0.4, -0.2) is 45.2 Å². The fourth-order valence-corrected chi connectivity index (χ4v) is 2.73. The van der Waals surface area contributed by atoms with E-state index in [0.29, 0.717) is 25.2 Å². The molecule has 0 N–H and O–H groups in total. The zero-order valence-electron chi connectivity index (χ0n) is 12.5. The molecule has 23 heavy (non-hydrogen) atoms. The molecule has 2 aromatic heterocycles. The summed E-state index contributed by atoms with van der Waals surface area (Å²) in [6, 6.07) is 4.85. The van der Waals surface area contributed by atoms with Gasteiger partial charge in [0.15, 0.2) is 5.69 Å². The summed E-state index contributed by atoms with van der Waals surface area (Å²) in [6.45, 7) is 1.63. The number of hydrogen-bond donors (Lipinski definition) is 0. The van der Waals surface area contributed by atoms with E-state index >= 15 is 0 Å². The number of hydrogen-bond acceptors (Lipinski definition) is 5. The Hall–Kier alpha value is -2.41. The minimum atomic E-state index is -0.482. The first-order valence-electron chi connectivity index (χ1n) is 7.14. The molecular formula is C15H15ClN4O3. The molecule has 0 spiro atoms. The normalized spacial score (nSPS) is 14.1. The lowest BCUT2D eigenvalue weighted by molar-refractivity contribution is 0.0593. The van der Waals surface area contributed by atoms with Gasteiger partial charge in [0.25, 0.3) is 5.91 Å². The van der Waals surface area contributed by atoms with Gasteiger partial charge < -0.3 is 9.64 Å². The third-order valence-corrected chi connectivity index (χ3v) is 3.88. The predicted molar refractivity (Wildman–Crippen MR) is 82.2 cm³/mol. The monoisotopic (exact) mass is 334 g/mol. The molecule has 0 atom stereocenters. The maximum atomic E-state index is 12.6. The van der Waals surface area contributed by atoms with Crippen LogP contribution in [0.5, 0.6) is 0 Å². The SMILES string of the molecule is COC(=O)c1cc2n(n1)CCCN(C(=O)c1ccnc(Cl)c1)C2. The highest BCUT2D eigenvalue weighted by atomic mass is 35.5.